The van der Waals surface area contributed by atoms with Gasteiger partial charge >= 0.3 is 5.63 Å². The Kier molecular flexibility index (Phi) is 4.22. The van der Waals surface area contributed by atoms with Gasteiger partial charge in [-0.05, 0) is 36.8 Å². The topological polar surface area (TPSA) is 82.3 Å². The van der Waals surface area contributed by atoms with E-state index in [0.717, 1.165) is 26.7 Å². The van der Waals surface area contributed by atoms with E-state index >= 15 is 0 Å². The molecule has 0 aliphatic carbocycles. The van der Waals surface area contributed by atoms with Crippen molar-refractivity contribution in [1.82, 2.24) is 10.2 Å². The summed E-state index contributed by atoms with van der Waals surface area (Å²) in [6.45, 7) is 1.83. The molecular formula is C17H11BrN2O4S. The number of thioether (sulfide) groups is 1. The molecule has 0 fully saturated rings. The summed E-state index contributed by atoms with van der Waals surface area (Å²) in [5.74, 6) is 1.64. The molecule has 3 heterocycles. The minimum Gasteiger partial charge on any atom is -0.469 e. The summed E-state index contributed by atoms with van der Waals surface area (Å²) < 4.78 is 17.0. The van der Waals surface area contributed by atoms with Crippen LogP contribution in [0.1, 0.15) is 11.3 Å². The van der Waals surface area contributed by atoms with Gasteiger partial charge in [0.05, 0.1) is 11.8 Å². The number of hydrogen-bond acceptors (Lipinski definition) is 7. The SMILES string of the molecule is Cc1occc1-c1nnc(SCc2cc(=O)oc3cc(Br)ccc23)o1. The van der Waals surface area contributed by atoms with E-state index in [1.165, 1.54) is 17.8 Å². The lowest BCUT2D eigenvalue weighted by Gasteiger charge is -2.04. The fourth-order valence-corrected chi connectivity index (χ4v) is 3.54. The third kappa shape index (κ3) is 3.27. The van der Waals surface area contributed by atoms with Gasteiger partial charge in [0.2, 0.25) is 0 Å². The smallest absolute Gasteiger partial charge is 0.336 e. The van der Waals surface area contributed by atoms with Gasteiger partial charge in [-0.15, -0.1) is 10.2 Å². The van der Waals surface area contributed by atoms with Gasteiger partial charge in [-0.25, -0.2) is 4.79 Å². The fraction of sp³-hybridized carbons (Fsp3) is 0.118. The molecule has 25 heavy (non-hydrogen) atoms. The van der Waals surface area contributed by atoms with Crippen LogP contribution in [0.5, 0.6) is 0 Å². The summed E-state index contributed by atoms with van der Waals surface area (Å²) in [6.07, 6.45) is 1.58. The summed E-state index contributed by atoms with van der Waals surface area (Å²) in [5.41, 5.74) is 1.78. The highest BCUT2D eigenvalue weighted by molar-refractivity contribution is 9.10. The Bertz CT molecular complexity index is 1120. The molecule has 126 valence electrons. The first-order valence-corrected chi connectivity index (χ1v) is 9.11. The van der Waals surface area contributed by atoms with Crippen LogP contribution in [0.25, 0.3) is 22.4 Å². The van der Waals surface area contributed by atoms with Gasteiger partial charge in [-0.1, -0.05) is 27.7 Å². The van der Waals surface area contributed by atoms with Crippen LogP contribution >= 0.6 is 27.7 Å². The Morgan fingerprint density at radius 3 is 2.84 bits per heavy atom. The van der Waals surface area contributed by atoms with Crippen molar-refractivity contribution in [2.75, 3.05) is 0 Å². The largest absolute Gasteiger partial charge is 0.469 e. The Morgan fingerprint density at radius 1 is 1.16 bits per heavy atom. The number of halogens is 1. The molecule has 1 aromatic carbocycles. The summed E-state index contributed by atoms with van der Waals surface area (Å²) >= 11 is 4.74. The standard InChI is InChI=1S/C17H11BrN2O4S/c1-9-12(4-5-22-9)16-19-20-17(24-16)25-8-10-6-15(21)23-14-7-11(18)2-3-13(10)14/h2-7H,8H2,1H3. The molecule has 4 rings (SSSR count). The first kappa shape index (κ1) is 16.2. The van der Waals surface area contributed by atoms with E-state index in [9.17, 15) is 4.79 Å². The highest BCUT2D eigenvalue weighted by Gasteiger charge is 2.14. The molecule has 0 atom stereocenters. The van der Waals surface area contributed by atoms with Crippen molar-refractivity contribution in [2.24, 2.45) is 0 Å². The maximum absolute atomic E-state index is 11.8. The van der Waals surface area contributed by atoms with Crippen molar-refractivity contribution in [2.45, 2.75) is 17.9 Å². The average Bonchev–Trinajstić information content (AvgIpc) is 3.20. The van der Waals surface area contributed by atoms with Gasteiger partial charge in [-0.2, -0.15) is 0 Å². The van der Waals surface area contributed by atoms with Gasteiger partial charge in [0.15, 0.2) is 0 Å². The summed E-state index contributed by atoms with van der Waals surface area (Å²) in [6, 6.07) is 8.86. The highest BCUT2D eigenvalue weighted by atomic mass is 79.9. The quantitative estimate of drug-likeness (QED) is 0.347. The Morgan fingerprint density at radius 2 is 2.04 bits per heavy atom. The first-order chi connectivity index (χ1) is 12.1. The summed E-state index contributed by atoms with van der Waals surface area (Å²) in [7, 11) is 0. The van der Waals surface area contributed by atoms with Crippen molar-refractivity contribution in [1.29, 1.82) is 0 Å². The molecule has 0 aliphatic heterocycles. The number of nitrogens with zero attached hydrogens (tertiary/aromatic N) is 2. The van der Waals surface area contributed by atoms with Crippen LogP contribution in [0.4, 0.5) is 0 Å². The minimum absolute atomic E-state index is 0.388. The van der Waals surface area contributed by atoms with Crippen LogP contribution in [0.3, 0.4) is 0 Å². The Balaban J connectivity index is 1.60. The van der Waals surface area contributed by atoms with E-state index in [2.05, 4.69) is 26.1 Å². The van der Waals surface area contributed by atoms with E-state index < -0.39 is 0 Å². The van der Waals surface area contributed by atoms with E-state index in [1.807, 2.05) is 19.1 Å². The molecule has 0 unspecified atom stereocenters. The second-order valence-electron chi connectivity index (χ2n) is 5.28. The number of benzene rings is 1. The van der Waals surface area contributed by atoms with E-state index in [-0.39, 0.29) is 5.63 Å². The average molecular weight is 419 g/mol. The number of furan rings is 1. The number of aromatic nitrogens is 2. The Hall–Kier alpha value is -2.32. The molecule has 0 saturated heterocycles. The van der Waals surface area contributed by atoms with Crippen LogP contribution in [-0.4, -0.2) is 10.2 Å². The molecule has 0 spiro atoms. The van der Waals surface area contributed by atoms with Gasteiger partial charge in [0.25, 0.3) is 11.1 Å². The van der Waals surface area contributed by atoms with Gasteiger partial charge in [0.1, 0.15) is 11.3 Å². The second kappa shape index (κ2) is 6.53. The van der Waals surface area contributed by atoms with E-state index in [4.69, 9.17) is 13.3 Å². The lowest BCUT2D eigenvalue weighted by Crippen LogP contribution is -1.99. The summed E-state index contributed by atoms with van der Waals surface area (Å²) in [4.78, 5) is 11.8. The molecule has 0 amide bonds. The third-order valence-corrected chi connectivity index (χ3v) is 5.00. The number of fused-ring (bicyclic) bond motifs is 1. The highest BCUT2D eigenvalue weighted by Crippen LogP contribution is 2.30. The molecule has 0 radical (unpaired) electrons. The fourth-order valence-electron chi connectivity index (χ4n) is 2.45. The zero-order valence-corrected chi connectivity index (χ0v) is 15.4. The van der Waals surface area contributed by atoms with Crippen LogP contribution < -0.4 is 5.63 Å². The maximum atomic E-state index is 11.8. The monoisotopic (exact) mass is 418 g/mol. The second-order valence-corrected chi connectivity index (χ2v) is 7.13. The molecular weight excluding hydrogens is 408 g/mol. The number of aryl methyl sites for hydroxylation is 1. The number of rotatable bonds is 4. The van der Waals surface area contributed by atoms with Crippen molar-refractivity contribution < 1.29 is 13.3 Å². The molecule has 8 heteroatoms. The van der Waals surface area contributed by atoms with E-state index in [0.29, 0.717) is 22.4 Å². The van der Waals surface area contributed by atoms with Crippen molar-refractivity contribution >= 4 is 38.7 Å². The van der Waals surface area contributed by atoms with Gasteiger partial charge in [-0.3, -0.25) is 0 Å². The molecule has 3 aromatic heterocycles. The number of hydrogen-bond donors (Lipinski definition) is 0. The van der Waals surface area contributed by atoms with Crippen molar-refractivity contribution in [3.63, 3.8) is 0 Å². The van der Waals surface area contributed by atoms with Crippen LogP contribution in [0.2, 0.25) is 0 Å². The lowest BCUT2D eigenvalue weighted by atomic mass is 10.1. The zero-order chi connectivity index (χ0) is 17.4. The first-order valence-electron chi connectivity index (χ1n) is 7.33. The molecule has 0 aliphatic rings. The van der Waals surface area contributed by atoms with Crippen LogP contribution in [-0.2, 0) is 5.75 Å². The maximum Gasteiger partial charge on any atom is 0.336 e. The molecule has 0 saturated carbocycles. The predicted molar refractivity (Wildman–Crippen MR) is 96.5 cm³/mol. The van der Waals surface area contributed by atoms with Crippen molar-refractivity contribution in [3.05, 3.63) is 62.8 Å². The third-order valence-electron chi connectivity index (χ3n) is 3.64. The minimum atomic E-state index is -0.388. The van der Waals surface area contributed by atoms with E-state index in [1.54, 1.807) is 18.4 Å². The molecule has 6 nitrogen and oxygen atoms in total. The van der Waals surface area contributed by atoms with Crippen molar-refractivity contribution in [3.8, 4) is 11.5 Å². The van der Waals surface area contributed by atoms with Gasteiger partial charge in [0, 0.05) is 21.7 Å². The molecule has 0 bridgehead atoms. The Labute approximate surface area is 154 Å². The normalized spacial score (nSPS) is 11.3. The van der Waals surface area contributed by atoms with Gasteiger partial charge < -0.3 is 13.3 Å². The predicted octanol–water partition coefficient (Wildman–Crippen LogP) is 4.80. The lowest BCUT2D eigenvalue weighted by molar-refractivity contribution is 0.463. The molecule has 0 N–H and O–H groups in total. The molecule has 4 aromatic rings. The van der Waals surface area contributed by atoms with Crippen LogP contribution in [0, 0.1) is 6.92 Å². The summed E-state index contributed by atoms with van der Waals surface area (Å²) in [5, 5.41) is 9.38. The zero-order valence-electron chi connectivity index (χ0n) is 13.0. The van der Waals surface area contributed by atoms with Crippen LogP contribution in [0.15, 0.2) is 64.3 Å².